The van der Waals surface area contributed by atoms with E-state index in [1.54, 1.807) is 0 Å². The van der Waals surface area contributed by atoms with Gasteiger partial charge in [0.2, 0.25) is 0 Å². The molecule has 0 radical (unpaired) electrons. The molecule has 0 saturated carbocycles. The maximum Gasteiger partial charge on any atom is 0.119 e. The molecule has 1 N–H and O–H groups in total. The largest absolute Gasteiger partial charge is 0.492 e. The normalized spacial score (nSPS) is 12.5. The summed E-state index contributed by atoms with van der Waals surface area (Å²) in [6.45, 7) is 4.96. The number of hydrogen-bond donors (Lipinski definition) is 1. The zero-order valence-electron chi connectivity index (χ0n) is 9.21. The average Bonchev–Trinajstić information content (AvgIpc) is 2.19. The SMILES string of the molecule is CCC(COc1cccc(C)c1)NC. The minimum absolute atomic E-state index is 0.440. The summed E-state index contributed by atoms with van der Waals surface area (Å²) in [4.78, 5) is 0. The van der Waals surface area contributed by atoms with E-state index in [9.17, 15) is 0 Å². The van der Waals surface area contributed by atoms with Gasteiger partial charge in [-0.25, -0.2) is 0 Å². The summed E-state index contributed by atoms with van der Waals surface area (Å²) < 4.78 is 5.67. The number of likely N-dealkylation sites (N-methyl/N-ethyl adjacent to an activating group) is 1. The summed E-state index contributed by atoms with van der Waals surface area (Å²) in [5.74, 6) is 0.957. The van der Waals surface area contributed by atoms with E-state index in [0.29, 0.717) is 6.04 Å². The van der Waals surface area contributed by atoms with E-state index < -0.39 is 0 Å². The van der Waals surface area contributed by atoms with Crippen LogP contribution in [0.25, 0.3) is 0 Å². The molecule has 0 aliphatic carbocycles. The second kappa shape index (κ2) is 5.66. The van der Waals surface area contributed by atoms with E-state index in [4.69, 9.17) is 4.74 Å². The molecule has 1 atom stereocenters. The summed E-state index contributed by atoms with van der Waals surface area (Å²) in [7, 11) is 1.97. The summed E-state index contributed by atoms with van der Waals surface area (Å²) in [6, 6.07) is 8.58. The van der Waals surface area contributed by atoms with Crippen LogP contribution in [0.1, 0.15) is 18.9 Å². The molecule has 1 unspecified atom stereocenters. The number of rotatable bonds is 5. The highest BCUT2D eigenvalue weighted by Gasteiger charge is 2.03. The molecule has 0 bridgehead atoms. The van der Waals surface area contributed by atoms with Crippen LogP contribution >= 0.6 is 0 Å². The lowest BCUT2D eigenvalue weighted by molar-refractivity contribution is 0.267. The van der Waals surface area contributed by atoms with E-state index in [0.717, 1.165) is 18.8 Å². The Bertz CT molecular complexity index is 269. The zero-order valence-corrected chi connectivity index (χ0v) is 9.21. The molecule has 0 heterocycles. The second-order valence-corrected chi connectivity index (χ2v) is 3.52. The Labute approximate surface area is 86.3 Å². The Hall–Kier alpha value is -1.02. The van der Waals surface area contributed by atoms with Gasteiger partial charge in [0, 0.05) is 6.04 Å². The van der Waals surface area contributed by atoms with E-state index in [1.807, 2.05) is 19.2 Å². The van der Waals surface area contributed by atoms with Gasteiger partial charge in [-0.15, -0.1) is 0 Å². The highest BCUT2D eigenvalue weighted by molar-refractivity contribution is 5.27. The third kappa shape index (κ3) is 3.38. The van der Waals surface area contributed by atoms with Crippen LogP contribution < -0.4 is 10.1 Å². The highest BCUT2D eigenvalue weighted by atomic mass is 16.5. The Morgan fingerprint density at radius 2 is 2.21 bits per heavy atom. The molecule has 14 heavy (non-hydrogen) atoms. The molecule has 0 saturated heterocycles. The first-order valence-electron chi connectivity index (χ1n) is 5.13. The summed E-state index contributed by atoms with van der Waals surface area (Å²) >= 11 is 0. The maximum atomic E-state index is 5.67. The van der Waals surface area contributed by atoms with Crippen LogP contribution in [0.2, 0.25) is 0 Å². The van der Waals surface area contributed by atoms with Gasteiger partial charge < -0.3 is 10.1 Å². The smallest absolute Gasteiger partial charge is 0.119 e. The molecule has 0 aliphatic rings. The zero-order chi connectivity index (χ0) is 10.4. The first-order valence-corrected chi connectivity index (χ1v) is 5.13. The molecule has 1 aromatic carbocycles. The van der Waals surface area contributed by atoms with Crippen molar-refractivity contribution < 1.29 is 4.74 Å². The van der Waals surface area contributed by atoms with Crippen molar-refractivity contribution >= 4 is 0 Å². The topological polar surface area (TPSA) is 21.3 Å². The summed E-state index contributed by atoms with van der Waals surface area (Å²) in [6.07, 6.45) is 1.09. The number of nitrogens with one attached hydrogen (secondary N) is 1. The minimum Gasteiger partial charge on any atom is -0.492 e. The molecular weight excluding hydrogens is 174 g/mol. The van der Waals surface area contributed by atoms with Gasteiger partial charge in [0.05, 0.1) is 0 Å². The highest BCUT2D eigenvalue weighted by Crippen LogP contribution is 2.12. The van der Waals surface area contributed by atoms with Crippen LogP contribution in [-0.2, 0) is 0 Å². The van der Waals surface area contributed by atoms with Gasteiger partial charge in [0.25, 0.3) is 0 Å². The summed E-state index contributed by atoms with van der Waals surface area (Å²) in [5.41, 5.74) is 1.24. The first-order chi connectivity index (χ1) is 6.76. The van der Waals surface area contributed by atoms with E-state index in [1.165, 1.54) is 5.56 Å². The van der Waals surface area contributed by atoms with Crippen molar-refractivity contribution in [3.63, 3.8) is 0 Å². The number of benzene rings is 1. The molecule has 0 spiro atoms. The summed E-state index contributed by atoms with van der Waals surface area (Å²) in [5, 5.41) is 3.21. The number of ether oxygens (including phenoxy) is 1. The van der Waals surface area contributed by atoms with Crippen molar-refractivity contribution in [3.8, 4) is 5.75 Å². The fourth-order valence-electron chi connectivity index (χ4n) is 1.31. The fraction of sp³-hybridized carbons (Fsp3) is 0.500. The second-order valence-electron chi connectivity index (χ2n) is 3.52. The van der Waals surface area contributed by atoms with Crippen molar-refractivity contribution in [1.82, 2.24) is 5.32 Å². The van der Waals surface area contributed by atoms with Crippen molar-refractivity contribution in [1.29, 1.82) is 0 Å². The number of aryl methyl sites for hydroxylation is 1. The van der Waals surface area contributed by atoms with Crippen molar-refractivity contribution in [2.24, 2.45) is 0 Å². The Morgan fingerprint density at radius 3 is 2.79 bits per heavy atom. The lowest BCUT2D eigenvalue weighted by Crippen LogP contribution is -2.30. The molecule has 1 rings (SSSR count). The Kier molecular flexibility index (Phi) is 4.47. The van der Waals surface area contributed by atoms with Crippen molar-refractivity contribution in [2.45, 2.75) is 26.3 Å². The van der Waals surface area contributed by atoms with E-state index in [-0.39, 0.29) is 0 Å². The van der Waals surface area contributed by atoms with E-state index >= 15 is 0 Å². The number of hydrogen-bond acceptors (Lipinski definition) is 2. The molecule has 78 valence electrons. The van der Waals surface area contributed by atoms with Gasteiger partial charge >= 0.3 is 0 Å². The van der Waals surface area contributed by atoms with Gasteiger partial charge in [0.1, 0.15) is 12.4 Å². The van der Waals surface area contributed by atoms with Crippen molar-refractivity contribution in [3.05, 3.63) is 29.8 Å². The molecule has 2 nitrogen and oxygen atoms in total. The standard InChI is InChI=1S/C12H19NO/c1-4-11(13-3)9-14-12-7-5-6-10(2)8-12/h5-8,11,13H,4,9H2,1-3H3. The monoisotopic (exact) mass is 193 g/mol. The van der Waals surface area contributed by atoms with Crippen LogP contribution in [0.4, 0.5) is 0 Å². The van der Waals surface area contributed by atoms with Gasteiger partial charge in [-0.05, 0) is 38.1 Å². The van der Waals surface area contributed by atoms with Crippen LogP contribution in [0.15, 0.2) is 24.3 Å². The van der Waals surface area contributed by atoms with Crippen LogP contribution in [0.5, 0.6) is 5.75 Å². The molecule has 0 aliphatic heterocycles. The predicted octanol–water partition coefficient (Wildman–Crippen LogP) is 2.37. The van der Waals surface area contributed by atoms with E-state index in [2.05, 4.69) is 31.3 Å². The van der Waals surface area contributed by atoms with Crippen LogP contribution in [-0.4, -0.2) is 19.7 Å². The molecule has 0 fully saturated rings. The van der Waals surface area contributed by atoms with Crippen molar-refractivity contribution in [2.75, 3.05) is 13.7 Å². The van der Waals surface area contributed by atoms with Gasteiger partial charge in [-0.3, -0.25) is 0 Å². The van der Waals surface area contributed by atoms with Gasteiger partial charge in [0.15, 0.2) is 0 Å². The lowest BCUT2D eigenvalue weighted by Gasteiger charge is -2.14. The third-order valence-electron chi connectivity index (χ3n) is 2.34. The maximum absolute atomic E-state index is 5.67. The first kappa shape index (κ1) is 11.1. The Morgan fingerprint density at radius 1 is 1.43 bits per heavy atom. The van der Waals surface area contributed by atoms with Crippen LogP contribution in [0, 0.1) is 6.92 Å². The van der Waals surface area contributed by atoms with Crippen LogP contribution in [0.3, 0.4) is 0 Å². The lowest BCUT2D eigenvalue weighted by atomic mass is 10.2. The minimum atomic E-state index is 0.440. The molecule has 0 amide bonds. The average molecular weight is 193 g/mol. The third-order valence-corrected chi connectivity index (χ3v) is 2.34. The molecule has 2 heteroatoms. The van der Waals surface area contributed by atoms with Gasteiger partial charge in [-0.2, -0.15) is 0 Å². The fourth-order valence-corrected chi connectivity index (χ4v) is 1.31. The molecule has 1 aromatic rings. The molecular formula is C12H19NO. The predicted molar refractivity (Wildman–Crippen MR) is 59.8 cm³/mol. The molecule has 0 aromatic heterocycles. The van der Waals surface area contributed by atoms with Gasteiger partial charge in [-0.1, -0.05) is 19.1 Å². The quantitative estimate of drug-likeness (QED) is 0.775. The Balaban J connectivity index is 2.44.